The van der Waals surface area contributed by atoms with Crippen LogP contribution < -0.4 is 10.4 Å². The smallest absolute Gasteiger partial charge is 0.423 e. The van der Waals surface area contributed by atoms with Crippen LogP contribution in [0.25, 0.3) is 0 Å². The Morgan fingerprint density at radius 1 is 1.00 bits per heavy atom. The molecule has 4 nitrogen and oxygen atoms in total. The molecule has 0 spiro atoms. The summed E-state index contributed by atoms with van der Waals surface area (Å²) in [6.07, 6.45) is 0. The Hall–Kier alpha value is -1.04. The minimum absolute atomic E-state index is 0.540. The third kappa shape index (κ3) is 2.55. The van der Waals surface area contributed by atoms with Gasteiger partial charge in [-0.3, -0.25) is 0 Å². The summed E-state index contributed by atoms with van der Waals surface area (Å²) in [5, 5.41) is 18.0. The maximum absolute atomic E-state index is 8.99. The second kappa shape index (κ2) is 4.87. The van der Waals surface area contributed by atoms with Gasteiger partial charge >= 0.3 is 7.12 Å². The van der Waals surface area contributed by atoms with E-state index in [2.05, 4.69) is 16.8 Å². The number of likely N-dealkylation sites (N-methyl/N-ethyl adjacent to an activating group) is 1. The SMILES string of the molecule is CN1CCN(c2ccc(B(O)O)cc2)CC1. The fourth-order valence-electron chi connectivity index (χ4n) is 1.92. The topological polar surface area (TPSA) is 46.9 Å². The van der Waals surface area contributed by atoms with Crippen LogP contribution in [0, 0.1) is 0 Å². The lowest BCUT2D eigenvalue weighted by atomic mass is 9.80. The van der Waals surface area contributed by atoms with Crippen LogP contribution in [0.15, 0.2) is 24.3 Å². The summed E-state index contributed by atoms with van der Waals surface area (Å²) in [4.78, 5) is 4.62. The van der Waals surface area contributed by atoms with Gasteiger partial charge in [-0.05, 0) is 24.6 Å². The van der Waals surface area contributed by atoms with Gasteiger partial charge in [0.05, 0.1) is 0 Å². The van der Waals surface area contributed by atoms with Gasteiger partial charge in [0.1, 0.15) is 0 Å². The standard InChI is InChI=1S/C11H17BN2O2/c1-13-6-8-14(9-7-13)11-4-2-10(3-5-11)12(15)16/h2-5,15-16H,6-9H2,1H3. The first-order valence-corrected chi connectivity index (χ1v) is 5.56. The predicted molar refractivity (Wildman–Crippen MR) is 66.0 cm³/mol. The molecule has 1 fully saturated rings. The van der Waals surface area contributed by atoms with Gasteiger partial charge in [0, 0.05) is 31.9 Å². The van der Waals surface area contributed by atoms with Crippen LogP contribution in [0.1, 0.15) is 0 Å². The quantitative estimate of drug-likeness (QED) is 0.635. The molecule has 1 aromatic rings. The minimum Gasteiger partial charge on any atom is -0.423 e. The van der Waals surface area contributed by atoms with Crippen molar-refractivity contribution in [3.05, 3.63) is 24.3 Å². The molecule has 0 aliphatic carbocycles. The largest absolute Gasteiger partial charge is 0.488 e. The summed E-state index contributed by atoms with van der Waals surface area (Å²) < 4.78 is 0. The Bertz CT molecular complexity index is 334. The molecule has 1 heterocycles. The number of hydrogen-bond donors (Lipinski definition) is 2. The zero-order chi connectivity index (χ0) is 11.5. The molecule has 2 rings (SSSR count). The molecule has 5 heteroatoms. The van der Waals surface area contributed by atoms with Crippen molar-refractivity contribution >= 4 is 18.3 Å². The van der Waals surface area contributed by atoms with Crippen molar-refractivity contribution in [2.45, 2.75) is 0 Å². The summed E-state index contributed by atoms with van der Waals surface area (Å²) in [7, 11) is 0.754. The molecule has 16 heavy (non-hydrogen) atoms. The van der Waals surface area contributed by atoms with Crippen molar-refractivity contribution in [1.82, 2.24) is 4.90 Å². The zero-order valence-corrected chi connectivity index (χ0v) is 9.50. The van der Waals surface area contributed by atoms with Crippen molar-refractivity contribution in [2.75, 3.05) is 38.1 Å². The van der Waals surface area contributed by atoms with Gasteiger partial charge in [0.25, 0.3) is 0 Å². The molecule has 0 aromatic heterocycles. The minimum atomic E-state index is -1.37. The molecule has 2 N–H and O–H groups in total. The summed E-state index contributed by atoms with van der Waals surface area (Å²) >= 11 is 0. The highest BCUT2D eigenvalue weighted by atomic mass is 16.4. The molecule has 86 valence electrons. The highest BCUT2D eigenvalue weighted by Gasteiger charge is 2.15. The maximum Gasteiger partial charge on any atom is 0.488 e. The summed E-state index contributed by atoms with van der Waals surface area (Å²) in [6, 6.07) is 7.41. The molecule has 0 saturated carbocycles. The monoisotopic (exact) mass is 220 g/mol. The summed E-state index contributed by atoms with van der Waals surface area (Å²) in [6.45, 7) is 4.20. The van der Waals surface area contributed by atoms with Crippen LogP contribution in [0.2, 0.25) is 0 Å². The van der Waals surface area contributed by atoms with Crippen molar-refractivity contribution < 1.29 is 10.0 Å². The Morgan fingerprint density at radius 2 is 1.56 bits per heavy atom. The van der Waals surface area contributed by atoms with E-state index in [0.29, 0.717) is 5.46 Å². The van der Waals surface area contributed by atoms with Gasteiger partial charge in [0.15, 0.2) is 0 Å². The number of piperazine rings is 1. The third-order valence-electron chi connectivity index (χ3n) is 3.06. The van der Waals surface area contributed by atoms with E-state index >= 15 is 0 Å². The number of rotatable bonds is 2. The fraction of sp³-hybridized carbons (Fsp3) is 0.455. The Labute approximate surface area is 96.3 Å². The molecule has 1 aliphatic rings. The van der Waals surface area contributed by atoms with Crippen LogP contribution in [0.3, 0.4) is 0 Å². The normalized spacial score (nSPS) is 17.6. The van der Waals surface area contributed by atoms with Crippen LogP contribution in [-0.2, 0) is 0 Å². The first kappa shape index (κ1) is 11.5. The first-order chi connectivity index (χ1) is 7.66. The van der Waals surface area contributed by atoms with Gasteiger partial charge in [-0.25, -0.2) is 0 Å². The van der Waals surface area contributed by atoms with Crippen molar-refractivity contribution in [1.29, 1.82) is 0 Å². The predicted octanol–water partition coefficient (Wildman–Crippen LogP) is -0.882. The molecule has 1 aromatic carbocycles. The molecule has 1 aliphatic heterocycles. The van der Waals surface area contributed by atoms with E-state index in [1.165, 1.54) is 0 Å². The number of nitrogens with zero attached hydrogens (tertiary/aromatic N) is 2. The van der Waals surface area contributed by atoms with Gasteiger partial charge in [-0.1, -0.05) is 12.1 Å². The van der Waals surface area contributed by atoms with Crippen LogP contribution in [0.5, 0.6) is 0 Å². The lowest BCUT2D eigenvalue weighted by Gasteiger charge is -2.34. The molecule has 1 saturated heterocycles. The van der Waals surface area contributed by atoms with Crippen molar-refractivity contribution in [2.24, 2.45) is 0 Å². The van der Waals surface area contributed by atoms with E-state index in [1.54, 1.807) is 12.1 Å². The Morgan fingerprint density at radius 3 is 2.06 bits per heavy atom. The summed E-state index contributed by atoms with van der Waals surface area (Å²) in [5.74, 6) is 0. The molecule has 0 atom stereocenters. The van der Waals surface area contributed by atoms with Gasteiger partial charge in [0.2, 0.25) is 0 Å². The molecule has 0 bridgehead atoms. The van der Waals surface area contributed by atoms with Gasteiger partial charge < -0.3 is 19.8 Å². The second-order valence-corrected chi connectivity index (χ2v) is 4.26. The van der Waals surface area contributed by atoms with E-state index in [0.717, 1.165) is 31.9 Å². The average Bonchev–Trinajstić information content (AvgIpc) is 2.30. The third-order valence-corrected chi connectivity index (χ3v) is 3.06. The second-order valence-electron chi connectivity index (χ2n) is 4.26. The van der Waals surface area contributed by atoms with E-state index in [9.17, 15) is 0 Å². The van der Waals surface area contributed by atoms with E-state index in [4.69, 9.17) is 10.0 Å². The average molecular weight is 220 g/mol. The highest BCUT2D eigenvalue weighted by molar-refractivity contribution is 6.58. The Kier molecular flexibility index (Phi) is 3.48. The highest BCUT2D eigenvalue weighted by Crippen LogP contribution is 2.14. The Balaban J connectivity index is 2.04. The number of benzene rings is 1. The molecule has 0 amide bonds. The lowest BCUT2D eigenvalue weighted by molar-refractivity contribution is 0.313. The first-order valence-electron chi connectivity index (χ1n) is 5.56. The molecular weight excluding hydrogens is 203 g/mol. The van der Waals surface area contributed by atoms with Crippen LogP contribution >= 0.6 is 0 Å². The molecule has 0 unspecified atom stereocenters. The van der Waals surface area contributed by atoms with Crippen molar-refractivity contribution in [3.63, 3.8) is 0 Å². The van der Waals surface area contributed by atoms with Gasteiger partial charge in [-0.2, -0.15) is 0 Å². The number of hydrogen-bond acceptors (Lipinski definition) is 4. The summed E-state index contributed by atoms with van der Waals surface area (Å²) in [5.41, 5.74) is 1.69. The molecule has 0 radical (unpaired) electrons. The van der Waals surface area contributed by atoms with Crippen LogP contribution in [-0.4, -0.2) is 55.3 Å². The van der Waals surface area contributed by atoms with E-state index in [-0.39, 0.29) is 0 Å². The fourth-order valence-corrected chi connectivity index (χ4v) is 1.92. The van der Waals surface area contributed by atoms with Crippen LogP contribution in [0.4, 0.5) is 5.69 Å². The van der Waals surface area contributed by atoms with E-state index in [1.807, 2.05) is 12.1 Å². The van der Waals surface area contributed by atoms with Gasteiger partial charge in [-0.15, -0.1) is 0 Å². The maximum atomic E-state index is 8.99. The van der Waals surface area contributed by atoms with E-state index < -0.39 is 7.12 Å². The molecular formula is C11H17BN2O2. The lowest BCUT2D eigenvalue weighted by Crippen LogP contribution is -2.44. The number of anilines is 1. The van der Waals surface area contributed by atoms with Crippen molar-refractivity contribution in [3.8, 4) is 0 Å². The zero-order valence-electron chi connectivity index (χ0n) is 9.50.